The minimum absolute atomic E-state index is 0.0224. The van der Waals surface area contributed by atoms with Gasteiger partial charge in [0.05, 0.1) is 6.54 Å². The fourth-order valence-electron chi connectivity index (χ4n) is 4.36. The maximum absolute atomic E-state index is 12.8. The van der Waals surface area contributed by atoms with Crippen LogP contribution in [0.5, 0.6) is 0 Å². The molecule has 6 heteroatoms. The van der Waals surface area contributed by atoms with E-state index in [2.05, 4.69) is 70.4 Å². The number of hydrogen-bond acceptors (Lipinski definition) is 4. The Balaban J connectivity index is 1.19. The first-order chi connectivity index (χ1) is 16.2. The van der Waals surface area contributed by atoms with E-state index in [1.165, 1.54) is 16.7 Å². The zero-order valence-corrected chi connectivity index (χ0v) is 19.7. The summed E-state index contributed by atoms with van der Waals surface area (Å²) >= 11 is 1.71. The molecule has 0 bridgehead atoms. The van der Waals surface area contributed by atoms with Crippen LogP contribution in [-0.4, -0.2) is 42.0 Å². The van der Waals surface area contributed by atoms with Crippen molar-refractivity contribution < 1.29 is 9.21 Å². The lowest BCUT2D eigenvalue weighted by Crippen LogP contribution is -2.38. The zero-order valence-electron chi connectivity index (χ0n) is 18.9. The molecule has 3 heterocycles. The van der Waals surface area contributed by atoms with E-state index in [1.54, 1.807) is 11.3 Å². The molecule has 2 aromatic heterocycles. The van der Waals surface area contributed by atoms with Gasteiger partial charge in [-0.15, -0.1) is 0 Å². The maximum Gasteiger partial charge on any atom is 0.321 e. The van der Waals surface area contributed by atoms with Crippen molar-refractivity contribution in [3.63, 3.8) is 0 Å². The van der Waals surface area contributed by atoms with Crippen LogP contribution in [0, 0.1) is 0 Å². The SMILES string of the molecule is CCc1ccc(NC(=O)N2CCCN(Cc3cc4cc(-c5ccsc5)ccc4o3)CC2)cc1. The van der Waals surface area contributed by atoms with Gasteiger partial charge in [0.15, 0.2) is 0 Å². The number of hydrogen-bond donors (Lipinski definition) is 1. The molecule has 0 spiro atoms. The van der Waals surface area contributed by atoms with Crippen molar-refractivity contribution >= 4 is 34.0 Å². The first-order valence-electron chi connectivity index (χ1n) is 11.6. The van der Waals surface area contributed by atoms with Crippen molar-refractivity contribution in [1.82, 2.24) is 9.80 Å². The largest absolute Gasteiger partial charge is 0.460 e. The molecule has 1 N–H and O–H groups in total. The molecule has 5 nitrogen and oxygen atoms in total. The van der Waals surface area contributed by atoms with Gasteiger partial charge in [0, 0.05) is 37.3 Å². The number of amides is 2. The Morgan fingerprint density at radius 1 is 1.00 bits per heavy atom. The quantitative estimate of drug-likeness (QED) is 0.372. The highest BCUT2D eigenvalue weighted by molar-refractivity contribution is 7.08. The number of aryl methyl sites for hydroxylation is 1. The second-order valence-corrected chi connectivity index (χ2v) is 9.35. The Morgan fingerprint density at radius 2 is 1.88 bits per heavy atom. The van der Waals surface area contributed by atoms with Crippen molar-refractivity contribution in [2.45, 2.75) is 26.3 Å². The normalized spacial score (nSPS) is 15.0. The lowest BCUT2D eigenvalue weighted by Gasteiger charge is -2.22. The van der Waals surface area contributed by atoms with Gasteiger partial charge in [0.2, 0.25) is 0 Å². The van der Waals surface area contributed by atoms with E-state index in [-0.39, 0.29) is 6.03 Å². The number of nitrogens with one attached hydrogen (secondary N) is 1. The molecule has 1 fully saturated rings. The van der Waals surface area contributed by atoms with Crippen LogP contribution < -0.4 is 5.32 Å². The predicted octanol–water partition coefficient (Wildman–Crippen LogP) is 6.46. The number of carbonyl (C=O) groups excluding carboxylic acids is 1. The summed E-state index contributed by atoms with van der Waals surface area (Å²) < 4.78 is 6.12. The van der Waals surface area contributed by atoms with E-state index >= 15 is 0 Å². The van der Waals surface area contributed by atoms with E-state index in [1.807, 2.05) is 17.0 Å². The number of rotatable bonds is 5. The van der Waals surface area contributed by atoms with Crippen molar-refractivity contribution in [3.8, 4) is 11.1 Å². The monoisotopic (exact) mass is 459 g/mol. The highest BCUT2D eigenvalue weighted by Gasteiger charge is 2.20. The summed E-state index contributed by atoms with van der Waals surface area (Å²) in [5.74, 6) is 0.974. The van der Waals surface area contributed by atoms with Gasteiger partial charge in [-0.05, 0) is 76.7 Å². The number of fused-ring (bicyclic) bond motifs is 1. The van der Waals surface area contributed by atoms with E-state index in [4.69, 9.17) is 4.42 Å². The van der Waals surface area contributed by atoms with Crippen LogP contribution in [0.1, 0.15) is 24.7 Å². The molecule has 5 rings (SSSR count). The third-order valence-electron chi connectivity index (χ3n) is 6.29. The molecular weight excluding hydrogens is 430 g/mol. The summed E-state index contributed by atoms with van der Waals surface area (Å²) in [5.41, 5.74) is 5.51. The molecule has 0 aliphatic carbocycles. The lowest BCUT2D eigenvalue weighted by molar-refractivity contribution is 0.209. The number of nitrogens with zero attached hydrogens (tertiary/aromatic N) is 2. The Hall–Kier alpha value is -3.09. The van der Waals surface area contributed by atoms with Gasteiger partial charge in [0.1, 0.15) is 11.3 Å². The lowest BCUT2D eigenvalue weighted by atomic mass is 10.1. The molecule has 1 aliphatic heterocycles. The molecule has 1 saturated heterocycles. The molecule has 33 heavy (non-hydrogen) atoms. The second-order valence-electron chi connectivity index (χ2n) is 8.57. The van der Waals surface area contributed by atoms with E-state index in [0.717, 1.165) is 61.4 Å². The Bertz CT molecular complexity index is 1210. The third kappa shape index (κ3) is 5.13. The molecule has 170 valence electrons. The first kappa shape index (κ1) is 21.7. The van der Waals surface area contributed by atoms with Crippen LogP contribution in [0.2, 0.25) is 0 Å². The van der Waals surface area contributed by atoms with E-state index in [9.17, 15) is 4.79 Å². The van der Waals surface area contributed by atoms with Gasteiger partial charge in [-0.3, -0.25) is 4.90 Å². The maximum atomic E-state index is 12.8. The number of carbonyl (C=O) groups is 1. The van der Waals surface area contributed by atoms with Crippen LogP contribution in [0.4, 0.5) is 10.5 Å². The summed E-state index contributed by atoms with van der Waals surface area (Å²) in [5, 5.41) is 8.45. The topological polar surface area (TPSA) is 48.7 Å². The summed E-state index contributed by atoms with van der Waals surface area (Å²) in [7, 11) is 0. The number of anilines is 1. The van der Waals surface area contributed by atoms with Crippen LogP contribution in [0.15, 0.2) is 69.8 Å². The summed E-state index contributed by atoms with van der Waals surface area (Å²) in [6.45, 7) is 6.15. The Kier molecular flexibility index (Phi) is 6.46. The highest BCUT2D eigenvalue weighted by Crippen LogP contribution is 2.28. The summed E-state index contributed by atoms with van der Waals surface area (Å²) in [4.78, 5) is 17.1. The summed E-state index contributed by atoms with van der Waals surface area (Å²) in [6, 6.07) is 18.7. The van der Waals surface area contributed by atoms with Crippen LogP contribution in [0.25, 0.3) is 22.1 Å². The summed E-state index contributed by atoms with van der Waals surface area (Å²) in [6.07, 6.45) is 1.95. The fourth-order valence-corrected chi connectivity index (χ4v) is 5.03. The van der Waals surface area contributed by atoms with Crippen LogP contribution in [0.3, 0.4) is 0 Å². The minimum Gasteiger partial charge on any atom is -0.460 e. The van der Waals surface area contributed by atoms with Crippen LogP contribution in [-0.2, 0) is 13.0 Å². The number of thiophene rings is 1. The van der Waals surface area contributed by atoms with Gasteiger partial charge >= 0.3 is 6.03 Å². The van der Waals surface area contributed by atoms with E-state index in [0.29, 0.717) is 6.54 Å². The Labute approximate surface area is 198 Å². The standard InChI is InChI=1S/C27H29N3O2S/c1-2-20-4-7-24(8-5-20)28-27(31)30-12-3-11-29(13-14-30)18-25-17-23-16-21(6-9-26(23)32-25)22-10-15-33-19-22/h4-10,15-17,19H,2-3,11-14,18H2,1H3,(H,28,31). The molecule has 4 aromatic rings. The highest BCUT2D eigenvalue weighted by atomic mass is 32.1. The van der Waals surface area contributed by atoms with Gasteiger partial charge in [-0.1, -0.05) is 25.1 Å². The van der Waals surface area contributed by atoms with Gasteiger partial charge < -0.3 is 14.6 Å². The molecule has 1 aliphatic rings. The van der Waals surface area contributed by atoms with Crippen molar-refractivity contribution in [2.75, 3.05) is 31.5 Å². The van der Waals surface area contributed by atoms with Crippen molar-refractivity contribution in [2.24, 2.45) is 0 Å². The molecule has 0 radical (unpaired) electrons. The molecular formula is C27H29N3O2S. The molecule has 0 unspecified atom stereocenters. The molecule has 2 aromatic carbocycles. The zero-order chi connectivity index (χ0) is 22.6. The smallest absolute Gasteiger partial charge is 0.321 e. The van der Waals surface area contributed by atoms with Gasteiger partial charge in [0.25, 0.3) is 0 Å². The Morgan fingerprint density at radius 3 is 2.67 bits per heavy atom. The third-order valence-corrected chi connectivity index (χ3v) is 6.97. The predicted molar refractivity (Wildman–Crippen MR) is 136 cm³/mol. The van der Waals surface area contributed by atoms with E-state index < -0.39 is 0 Å². The average molecular weight is 460 g/mol. The molecule has 0 atom stereocenters. The van der Waals surface area contributed by atoms with Gasteiger partial charge in [-0.25, -0.2) is 4.79 Å². The number of urea groups is 1. The second kappa shape index (κ2) is 9.81. The van der Waals surface area contributed by atoms with Crippen LogP contribution >= 0.6 is 11.3 Å². The van der Waals surface area contributed by atoms with Crippen molar-refractivity contribution in [1.29, 1.82) is 0 Å². The van der Waals surface area contributed by atoms with Gasteiger partial charge in [-0.2, -0.15) is 11.3 Å². The fraction of sp³-hybridized carbons (Fsp3) is 0.296. The number of benzene rings is 2. The number of furan rings is 1. The minimum atomic E-state index is -0.0224. The first-order valence-corrected chi connectivity index (χ1v) is 12.5. The molecule has 0 saturated carbocycles. The van der Waals surface area contributed by atoms with Crippen molar-refractivity contribution in [3.05, 3.63) is 76.7 Å². The average Bonchev–Trinajstić information content (AvgIpc) is 3.44. The molecule has 2 amide bonds.